The summed E-state index contributed by atoms with van der Waals surface area (Å²) in [5, 5.41) is 12.2. The number of phenolic OH excluding ortho intramolecular Hbond substituents is 1. The number of aromatic hydroxyl groups is 1. The topological polar surface area (TPSA) is 83.5 Å². The number of carbonyl (C=O) groups is 1. The Labute approximate surface area is 119 Å². The number of amides is 1. The summed E-state index contributed by atoms with van der Waals surface area (Å²) >= 11 is 0. The molecule has 0 spiro atoms. The van der Waals surface area contributed by atoms with Crippen LogP contribution in [0.2, 0.25) is 0 Å². The molecule has 0 aromatic heterocycles. The number of anilines is 1. The maximum absolute atomic E-state index is 11.7. The number of nitrogens with one attached hydrogen (secondary N) is 1. The molecule has 0 heterocycles. The zero-order chi connectivity index (χ0) is 15.3. The first-order chi connectivity index (χ1) is 9.19. The lowest BCUT2D eigenvalue weighted by Crippen LogP contribution is -2.21. The standard InChI is InChI=1S/C14H21NO4S/c1-10(2)9-20(18,19)7-6-14(17)15-12-5-4-11(3)8-13(12)16/h4-5,8,10,16H,6-7,9H2,1-3H3,(H,15,17). The molecule has 0 fully saturated rings. The van der Waals surface area contributed by atoms with Crippen LogP contribution in [-0.2, 0) is 14.6 Å². The second-order valence-corrected chi connectivity index (χ2v) is 7.56. The lowest BCUT2D eigenvalue weighted by molar-refractivity contribution is -0.115. The fourth-order valence-corrected chi connectivity index (χ4v) is 3.48. The molecule has 2 N–H and O–H groups in total. The van der Waals surface area contributed by atoms with Gasteiger partial charge in [-0.1, -0.05) is 19.9 Å². The predicted octanol–water partition coefficient (Wildman–Crippen LogP) is 2.10. The van der Waals surface area contributed by atoms with Gasteiger partial charge in [0.15, 0.2) is 9.84 Å². The molecule has 0 aliphatic heterocycles. The van der Waals surface area contributed by atoms with E-state index in [9.17, 15) is 18.3 Å². The summed E-state index contributed by atoms with van der Waals surface area (Å²) in [5.41, 5.74) is 1.17. The van der Waals surface area contributed by atoms with Crippen LogP contribution in [0, 0.1) is 12.8 Å². The molecule has 1 aromatic carbocycles. The van der Waals surface area contributed by atoms with Crippen molar-refractivity contribution in [2.24, 2.45) is 5.92 Å². The third kappa shape index (κ3) is 5.61. The second kappa shape index (κ2) is 6.74. The minimum absolute atomic E-state index is 0.0246. The van der Waals surface area contributed by atoms with Crippen LogP contribution in [0.3, 0.4) is 0 Å². The quantitative estimate of drug-likeness (QED) is 0.788. The van der Waals surface area contributed by atoms with Gasteiger partial charge in [-0.3, -0.25) is 4.79 Å². The zero-order valence-electron chi connectivity index (χ0n) is 12.0. The van der Waals surface area contributed by atoms with E-state index in [1.54, 1.807) is 12.1 Å². The van der Waals surface area contributed by atoms with E-state index >= 15 is 0 Å². The number of benzene rings is 1. The Morgan fingerprint density at radius 1 is 1.35 bits per heavy atom. The normalized spacial score (nSPS) is 11.6. The van der Waals surface area contributed by atoms with Crippen LogP contribution >= 0.6 is 0 Å². The van der Waals surface area contributed by atoms with E-state index in [0.29, 0.717) is 5.69 Å². The summed E-state index contributed by atoms with van der Waals surface area (Å²) in [7, 11) is -3.21. The first kappa shape index (κ1) is 16.5. The van der Waals surface area contributed by atoms with Crippen LogP contribution in [-0.4, -0.2) is 30.9 Å². The molecule has 1 amide bonds. The van der Waals surface area contributed by atoms with Gasteiger partial charge in [-0.2, -0.15) is 0 Å². The van der Waals surface area contributed by atoms with E-state index in [1.165, 1.54) is 6.07 Å². The number of carbonyl (C=O) groups excluding carboxylic acids is 1. The molecule has 0 aliphatic rings. The van der Waals surface area contributed by atoms with E-state index in [0.717, 1.165) is 5.56 Å². The van der Waals surface area contributed by atoms with Crippen LogP contribution in [0.4, 0.5) is 5.69 Å². The zero-order valence-corrected chi connectivity index (χ0v) is 12.8. The van der Waals surface area contributed by atoms with Crippen molar-refractivity contribution in [2.45, 2.75) is 27.2 Å². The Morgan fingerprint density at radius 3 is 2.55 bits per heavy atom. The van der Waals surface area contributed by atoms with Gasteiger partial charge in [-0.25, -0.2) is 8.42 Å². The van der Waals surface area contributed by atoms with Gasteiger partial charge in [-0.15, -0.1) is 0 Å². The summed E-state index contributed by atoms with van der Waals surface area (Å²) in [6, 6.07) is 4.88. The number of sulfone groups is 1. The minimum Gasteiger partial charge on any atom is -0.506 e. The van der Waals surface area contributed by atoms with Gasteiger partial charge in [-0.05, 0) is 30.5 Å². The molecular formula is C14H21NO4S. The van der Waals surface area contributed by atoms with E-state index in [4.69, 9.17) is 0 Å². The molecule has 0 saturated carbocycles. The molecule has 6 heteroatoms. The molecule has 1 rings (SSSR count). The van der Waals surface area contributed by atoms with Gasteiger partial charge < -0.3 is 10.4 Å². The monoisotopic (exact) mass is 299 g/mol. The third-order valence-electron chi connectivity index (χ3n) is 2.65. The molecule has 0 saturated heterocycles. The smallest absolute Gasteiger partial charge is 0.225 e. The Kier molecular flexibility index (Phi) is 5.56. The van der Waals surface area contributed by atoms with Crippen molar-refractivity contribution in [3.8, 4) is 5.75 Å². The average molecular weight is 299 g/mol. The van der Waals surface area contributed by atoms with Crippen molar-refractivity contribution in [1.29, 1.82) is 0 Å². The molecule has 0 radical (unpaired) electrons. The van der Waals surface area contributed by atoms with Crippen LogP contribution in [0.15, 0.2) is 18.2 Å². The van der Waals surface area contributed by atoms with Gasteiger partial charge in [0.25, 0.3) is 0 Å². The van der Waals surface area contributed by atoms with Crippen molar-refractivity contribution >= 4 is 21.4 Å². The van der Waals surface area contributed by atoms with Crippen molar-refractivity contribution < 1.29 is 18.3 Å². The summed E-state index contributed by atoms with van der Waals surface area (Å²) in [6.45, 7) is 5.47. The van der Waals surface area contributed by atoms with Gasteiger partial charge in [0, 0.05) is 6.42 Å². The maximum Gasteiger partial charge on any atom is 0.225 e. The summed E-state index contributed by atoms with van der Waals surface area (Å²) < 4.78 is 23.4. The van der Waals surface area contributed by atoms with Crippen molar-refractivity contribution in [2.75, 3.05) is 16.8 Å². The summed E-state index contributed by atoms with van der Waals surface area (Å²) in [4.78, 5) is 11.7. The Balaban J connectivity index is 2.56. The molecule has 0 aliphatic carbocycles. The molecule has 20 heavy (non-hydrogen) atoms. The van der Waals surface area contributed by atoms with E-state index in [2.05, 4.69) is 5.32 Å². The van der Waals surface area contributed by atoms with Crippen LogP contribution in [0.1, 0.15) is 25.8 Å². The number of rotatable bonds is 6. The lowest BCUT2D eigenvalue weighted by Gasteiger charge is -2.09. The largest absolute Gasteiger partial charge is 0.506 e. The highest BCUT2D eigenvalue weighted by atomic mass is 32.2. The molecule has 0 unspecified atom stereocenters. The van der Waals surface area contributed by atoms with Gasteiger partial charge in [0.05, 0.1) is 17.2 Å². The highest BCUT2D eigenvalue weighted by molar-refractivity contribution is 7.91. The molecule has 0 atom stereocenters. The number of hydrogen-bond donors (Lipinski definition) is 2. The number of hydrogen-bond acceptors (Lipinski definition) is 4. The molecule has 0 bridgehead atoms. The average Bonchev–Trinajstić information content (AvgIpc) is 2.29. The van der Waals surface area contributed by atoms with Crippen LogP contribution < -0.4 is 5.32 Å². The maximum atomic E-state index is 11.7. The highest BCUT2D eigenvalue weighted by Gasteiger charge is 2.16. The first-order valence-corrected chi connectivity index (χ1v) is 8.31. The summed E-state index contributed by atoms with van der Waals surface area (Å²) in [6.07, 6.45) is -0.109. The van der Waals surface area contributed by atoms with Crippen LogP contribution in [0.25, 0.3) is 0 Å². The van der Waals surface area contributed by atoms with Crippen LogP contribution in [0.5, 0.6) is 5.75 Å². The Morgan fingerprint density at radius 2 is 2.00 bits per heavy atom. The van der Waals surface area contributed by atoms with E-state index in [1.807, 2.05) is 20.8 Å². The minimum atomic E-state index is -3.21. The van der Waals surface area contributed by atoms with Gasteiger partial charge in [0.1, 0.15) is 5.75 Å². The molecule has 112 valence electrons. The van der Waals surface area contributed by atoms with E-state index < -0.39 is 15.7 Å². The van der Waals surface area contributed by atoms with Gasteiger partial charge >= 0.3 is 0 Å². The fourth-order valence-electron chi connectivity index (χ4n) is 1.80. The first-order valence-electron chi connectivity index (χ1n) is 6.49. The number of aryl methyl sites for hydroxylation is 1. The van der Waals surface area contributed by atoms with E-state index in [-0.39, 0.29) is 29.6 Å². The SMILES string of the molecule is Cc1ccc(NC(=O)CCS(=O)(=O)CC(C)C)c(O)c1. The van der Waals surface area contributed by atoms with Crippen molar-refractivity contribution in [3.63, 3.8) is 0 Å². The van der Waals surface area contributed by atoms with Crippen molar-refractivity contribution in [1.82, 2.24) is 0 Å². The highest BCUT2D eigenvalue weighted by Crippen LogP contribution is 2.23. The summed E-state index contributed by atoms with van der Waals surface area (Å²) in [5.74, 6) is -0.497. The Hall–Kier alpha value is -1.56. The molecular weight excluding hydrogens is 278 g/mol. The fraction of sp³-hybridized carbons (Fsp3) is 0.500. The van der Waals surface area contributed by atoms with Gasteiger partial charge in [0.2, 0.25) is 5.91 Å². The van der Waals surface area contributed by atoms with Crippen molar-refractivity contribution in [3.05, 3.63) is 23.8 Å². The number of phenols is 1. The third-order valence-corrected chi connectivity index (χ3v) is 4.66. The second-order valence-electron chi connectivity index (χ2n) is 5.33. The lowest BCUT2D eigenvalue weighted by atomic mass is 10.2. The molecule has 5 nitrogen and oxygen atoms in total. The predicted molar refractivity (Wildman–Crippen MR) is 79.6 cm³/mol. The molecule has 1 aromatic rings. The Bertz CT molecular complexity index is 579.